The number of hydrogen-bond acceptors (Lipinski definition) is 4. The molecular weight excluding hydrogens is 403 g/mol. The van der Waals surface area contributed by atoms with Crippen molar-refractivity contribution in [1.29, 1.82) is 0 Å². The second-order valence-electron chi connectivity index (χ2n) is 6.14. The first-order valence-corrected chi connectivity index (χ1v) is 8.99. The third-order valence-electron chi connectivity index (χ3n) is 2.60. The van der Waals surface area contributed by atoms with E-state index in [1.54, 1.807) is 7.05 Å². The molecule has 6 nitrogen and oxygen atoms in total. The predicted octanol–water partition coefficient (Wildman–Crippen LogP) is 0.981. The van der Waals surface area contributed by atoms with Crippen LogP contribution in [0.5, 0.6) is 0 Å². The maximum Gasteiger partial charge on any atom is 0.191 e. The van der Waals surface area contributed by atoms with Crippen molar-refractivity contribution in [1.82, 2.24) is 16.0 Å². The lowest BCUT2D eigenvalue weighted by molar-refractivity contribution is 0.428. The van der Waals surface area contributed by atoms with Crippen LogP contribution in [0.4, 0.5) is 0 Å². The number of hydrogen-bond donors (Lipinski definition) is 3. The first kappa shape index (κ1) is 23.2. The quantitative estimate of drug-likeness (QED) is 0.241. The molecule has 1 unspecified atom stereocenters. The van der Waals surface area contributed by atoms with Gasteiger partial charge in [-0.05, 0) is 34.1 Å². The summed E-state index contributed by atoms with van der Waals surface area (Å²) < 4.78 is 22.2. The summed E-state index contributed by atoms with van der Waals surface area (Å²) in [7, 11) is -1.21. The van der Waals surface area contributed by atoms with Crippen molar-refractivity contribution < 1.29 is 8.42 Å². The smallest absolute Gasteiger partial charge is 0.191 e. The summed E-state index contributed by atoms with van der Waals surface area (Å²) >= 11 is 0. The SMILES string of the molecule is CN=C(NCCNC(C)(C)C)NC(C)CCS(C)(=O)=O.I. The summed E-state index contributed by atoms with van der Waals surface area (Å²) in [6, 6.07) is 0.0616. The van der Waals surface area contributed by atoms with E-state index in [4.69, 9.17) is 0 Å². The number of nitrogens with zero attached hydrogens (tertiary/aromatic N) is 1. The zero-order valence-electron chi connectivity index (χ0n) is 14.0. The van der Waals surface area contributed by atoms with Gasteiger partial charge in [0.05, 0.1) is 5.75 Å². The van der Waals surface area contributed by atoms with Crippen molar-refractivity contribution in [3.05, 3.63) is 0 Å². The minimum absolute atomic E-state index is 0. The molecule has 0 saturated carbocycles. The highest BCUT2D eigenvalue weighted by molar-refractivity contribution is 14.0. The van der Waals surface area contributed by atoms with Gasteiger partial charge >= 0.3 is 0 Å². The van der Waals surface area contributed by atoms with Gasteiger partial charge in [0.25, 0.3) is 0 Å². The number of nitrogens with one attached hydrogen (secondary N) is 3. The van der Waals surface area contributed by atoms with Crippen LogP contribution in [0.2, 0.25) is 0 Å². The third-order valence-corrected chi connectivity index (χ3v) is 3.58. The molecule has 0 aliphatic carbocycles. The topological polar surface area (TPSA) is 82.6 Å². The van der Waals surface area contributed by atoms with Gasteiger partial charge in [0.1, 0.15) is 9.84 Å². The first-order chi connectivity index (χ1) is 9.03. The molecule has 0 radical (unpaired) electrons. The molecule has 21 heavy (non-hydrogen) atoms. The minimum Gasteiger partial charge on any atom is -0.355 e. The number of aliphatic imine (C=N–C) groups is 1. The van der Waals surface area contributed by atoms with E-state index < -0.39 is 9.84 Å². The van der Waals surface area contributed by atoms with Gasteiger partial charge < -0.3 is 16.0 Å². The summed E-state index contributed by atoms with van der Waals surface area (Å²) in [6.45, 7) is 9.90. The van der Waals surface area contributed by atoms with Gasteiger partial charge in [0, 0.05) is 38.0 Å². The molecule has 1 atom stereocenters. The molecule has 3 N–H and O–H groups in total. The Balaban J connectivity index is 0. The summed E-state index contributed by atoms with van der Waals surface area (Å²) in [5.41, 5.74) is 0.0986. The van der Waals surface area contributed by atoms with Crippen LogP contribution in [0.3, 0.4) is 0 Å². The summed E-state index contributed by atoms with van der Waals surface area (Å²) in [5, 5.41) is 9.76. The molecule has 0 amide bonds. The Labute approximate surface area is 146 Å². The molecule has 0 saturated heterocycles. The predicted molar refractivity (Wildman–Crippen MR) is 101 cm³/mol. The molecule has 0 aromatic carbocycles. The van der Waals surface area contributed by atoms with E-state index in [2.05, 4.69) is 41.7 Å². The number of sulfone groups is 1. The van der Waals surface area contributed by atoms with Gasteiger partial charge in [0.2, 0.25) is 0 Å². The van der Waals surface area contributed by atoms with E-state index in [1.165, 1.54) is 6.26 Å². The van der Waals surface area contributed by atoms with Crippen molar-refractivity contribution in [2.24, 2.45) is 4.99 Å². The number of rotatable bonds is 7. The van der Waals surface area contributed by atoms with Gasteiger partial charge in [-0.2, -0.15) is 0 Å². The average molecular weight is 434 g/mol. The van der Waals surface area contributed by atoms with Crippen LogP contribution in [-0.4, -0.2) is 58.1 Å². The monoisotopic (exact) mass is 434 g/mol. The van der Waals surface area contributed by atoms with Crippen LogP contribution in [0.25, 0.3) is 0 Å². The molecule has 128 valence electrons. The van der Waals surface area contributed by atoms with E-state index in [-0.39, 0.29) is 41.3 Å². The Morgan fingerprint density at radius 3 is 2.24 bits per heavy atom. The first-order valence-electron chi connectivity index (χ1n) is 6.93. The Hall–Kier alpha value is -0.0900. The van der Waals surface area contributed by atoms with E-state index in [9.17, 15) is 8.42 Å². The van der Waals surface area contributed by atoms with Crippen molar-refractivity contribution >= 4 is 39.8 Å². The fraction of sp³-hybridized carbons (Fsp3) is 0.923. The molecule has 0 aromatic heterocycles. The summed E-state index contributed by atoms with van der Waals surface area (Å²) in [6.07, 6.45) is 1.82. The second kappa shape index (κ2) is 10.6. The lowest BCUT2D eigenvalue weighted by Crippen LogP contribution is -2.46. The highest BCUT2D eigenvalue weighted by Crippen LogP contribution is 1.97. The normalized spacial score (nSPS) is 14.3. The van der Waals surface area contributed by atoms with Crippen LogP contribution < -0.4 is 16.0 Å². The highest BCUT2D eigenvalue weighted by atomic mass is 127. The molecule has 0 bridgehead atoms. The lowest BCUT2D eigenvalue weighted by Gasteiger charge is -2.22. The summed E-state index contributed by atoms with van der Waals surface area (Å²) in [5.74, 6) is 0.880. The highest BCUT2D eigenvalue weighted by Gasteiger charge is 2.10. The summed E-state index contributed by atoms with van der Waals surface area (Å²) in [4.78, 5) is 4.12. The minimum atomic E-state index is -2.91. The largest absolute Gasteiger partial charge is 0.355 e. The van der Waals surface area contributed by atoms with Gasteiger partial charge in [-0.25, -0.2) is 8.42 Å². The fourth-order valence-electron chi connectivity index (χ4n) is 1.51. The standard InChI is InChI=1S/C13H30N4O2S.HI/c1-11(7-10-20(6,18)19)17-12(14-5)15-8-9-16-13(2,3)4;/h11,16H,7-10H2,1-6H3,(H2,14,15,17);1H. The Kier molecular flexibility index (Phi) is 11.7. The second-order valence-corrected chi connectivity index (χ2v) is 8.40. The molecule has 0 rings (SSSR count). The van der Waals surface area contributed by atoms with Crippen molar-refractivity contribution in [2.45, 2.75) is 45.7 Å². The Bertz CT molecular complexity index is 405. The van der Waals surface area contributed by atoms with Gasteiger partial charge in [-0.15, -0.1) is 24.0 Å². The van der Waals surface area contributed by atoms with Crippen LogP contribution in [0, 0.1) is 0 Å². The van der Waals surface area contributed by atoms with E-state index >= 15 is 0 Å². The van der Waals surface area contributed by atoms with Crippen molar-refractivity contribution in [2.75, 3.05) is 32.1 Å². The van der Waals surface area contributed by atoms with E-state index in [0.717, 1.165) is 13.1 Å². The Morgan fingerprint density at radius 2 is 1.81 bits per heavy atom. The van der Waals surface area contributed by atoms with Crippen LogP contribution in [-0.2, 0) is 9.84 Å². The Morgan fingerprint density at radius 1 is 1.24 bits per heavy atom. The maximum absolute atomic E-state index is 11.1. The van der Waals surface area contributed by atoms with Gasteiger partial charge in [0.15, 0.2) is 5.96 Å². The molecule has 0 heterocycles. The molecule has 8 heteroatoms. The van der Waals surface area contributed by atoms with Crippen LogP contribution in [0.15, 0.2) is 4.99 Å². The van der Waals surface area contributed by atoms with E-state index in [1.807, 2.05) is 6.92 Å². The zero-order valence-corrected chi connectivity index (χ0v) is 17.1. The zero-order chi connectivity index (χ0) is 15.8. The molecule has 0 aliphatic rings. The van der Waals surface area contributed by atoms with Gasteiger partial charge in [-0.3, -0.25) is 4.99 Å². The fourth-order valence-corrected chi connectivity index (χ4v) is 2.29. The molecule has 0 aromatic rings. The van der Waals surface area contributed by atoms with Crippen LogP contribution in [0.1, 0.15) is 34.1 Å². The lowest BCUT2D eigenvalue weighted by atomic mass is 10.1. The van der Waals surface area contributed by atoms with Crippen molar-refractivity contribution in [3.8, 4) is 0 Å². The third kappa shape index (κ3) is 16.1. The van der Waals surface area contributed by atoms with E-state index in [0.29, 0.717) is 12.4 Å². The number of guanidine groups is 1. The van der Waals surface area contributed by atoms with Gasteiger partial charge in [-0.1, -0.05) is 0 Å². The molecular formula is C13H31IN4O2S. The average Bonchev–Trinajstić information content (AvgIpc) is 2.28. The van der Waals surface area contributed by atoms with Crippen LogP contribution >= 0.6 is 24.0 Å². The molecule has 0 fully saturated rings. The molecule has 0 spiro atoms. The van der Waals surface area contributed by atoms with Crippen molar-refractivity contribution in [3.63, 3.8) is 0 Å². The number of halogens is 1. The maximum atomic E-state index is 11.1. The molecule has 0 aliphatic heterocycles.